The van der Waals surface area contributed by atoms with Gasteiger partial charge in [-0.25, -0.2) is 4.68 Å². The second-order valence-corrected chi connectivity index (χ2v) is 4.88. The highest BCUT2D eigenvalue weighted by Crippen LogP contribution is 2.27. The predicted octanol–water partition coefficient (Wildman–Crippen LogP) is 2.93. The van der Waals surface area contributed by atoms with Crippen molar-refractivity contribution in [3.63, 3.8) is 0 Å². The molecule has 0 aliphatic rings. The summed E-state index contributed by atoms with van der Waals surface area (Å²) in [6, 6.07) is 8.04. The van der Waals surface area contributed by atoms with E-state index in [1.54, 1.807) is 0 Å². The normalized spacial score (nSPS) is 11.1. The van der Waals surface area contributed by atoms with Crippen LogP contribution in [0.2, 0.25) is 0 Å². The van der Waals surface area contributed by atoms with Gasteiger partial charge in [0.25, 0.3) is 0 Å². The largest absolute Gasteiger partial charge is 0.398 e. The zero-order valence-corrected chi connectivity index (χ0v) is 11.3. The summed E-state index contributed by atoms with van der Waals surface area (Å²) in [6.07, 6.45) is 1.83. The monoisotopic (exact) mass is 252 g/mol. The van der Waals surface area contributed by atoms with Crippen LogP contribution in [0.25, 0.3) is 16.5 Å². The van der Waals surface area contributed by atoms with E-state index >= 15 is 0 Å². The van der Waals surface area contributed by atoms with Gasteiger partial charge in [-0.05, 0) is 45.0 Å². The number of hydrogen-bond donors (Lipinski definition) is 1. The zero-order valence-electron chi connectivity index (χ0n) is 11.3. The molecular weight excluding hydrogens is 236 g/mol. The summed E-state index contributed by atoms with van der Waals surface area (Å²) in [5.41, 5.74) is 10.9. The molecule has 0 atom stereocenters. The number of hydrogen-bond acceptors (Lipinski definition) is 3. The van der Waals surface area contributed by atoms with E-state index in [0.29, 0.717) is 0 Å². The molecule has 4 nitrogen and oxygen atoms in total. The topological polar surface area (TPSA) is 56.7 Å². The van der Waals surface area contributed by atoms with Crippen molar-refractivity contribution in [1.29, 1.82) is 0 Å². The Morgan fingerprint density at radius 3 is 2.47 bits per heavy atom. The third-order valence-electron chi connectivity index (χ3n) is 3.29. The number of fused-ring (bicyclic) bond motifs is 1. The Kier molecular flexibility index (Phi) is 2.52. The summed E-state index contributed by atoms with van der Waals surface area (Å²) in [5.74, 6) is 0. The van der Waals surface area contributed by atoms with Gasteiger partial charge in [-0.2, -0.15) is 5.10 Å². The summed E-state index contributed by atoms with van der Waals surface area (Å²) in [7, 11) is 0. The van der Waals surface area contributed by atoms with Gasteiger partial charge in [0.15, 0.2) is 0 Å². The van der Waals surface area contributed by atoms with Crippen molar-refractivity contribution in [3.05, 3.63) is 47.5 Å². The molecule has 0 amide bonds. The van der Waals surface area contributed by atoms with Crippen molar-refractivity contribution in [3.8, 4) is 5.69 Å². The number of rotatable bonds is 1. The van der Waals surface area contributed by atoms with Crippen LogP contribution >= 0.6 is 0 Å². The quantitative estimate of drug-likeness (QED) is 0.677. The lowest BCUT2D eigenvalue weighted by Gasteiger charge is -2.11. The van der Waals surface area contributed by atoms with E-state index in [0.717, 1.165) is 39.2 Å². The van der Waals surface area contributed by atoms with Crippen molar-refractivity contribution in [1.82, 2.24) is 14.8 Å². The van der Waals surface area contributed by atoms with Crippen molar-refractivity contribution >= 4 is 16.5 Å². The summed E-state index contributed by atoms with van der Waals surface area (Å²) in [5, 5.41) is 6.60. The Morgan fingerprint density at radius 1 is 1.00 bits per heavy atom. The predicted molar refractivity (Wildman–Crippen MR) is 77.5 cm³/mol. The molecule has 0 spiro atoms. The van der Waals surface area contributed by atoms with Crippen molar-refractivity contribution in [2.45, 2.75) is 20.8 Å². The highest BCUT2D eigenvalue weighted by molar-refractivity contribution is 5.98. The molecule has 19 heavy (non-hydrogen) atoms. The number of nitrogens with two attached hydrogens (primary N) is 1. The molecule has 2 heterocycles. The molecule has 2 aromatic heterocycles. The highest BCUT2D eigenvalue weighted by atomic mass is 15.3. The first-order valence-corrected chi connectivity index (χ1v) is 6.25. The molecule has 0 saturated heterocycles. The van der Waals surface area contributed by atoms with Crippen LogP contribution in [0.15, 0.2) is 30.5 Å². The van der Waals surface area contributed by atoms with Crippen LogP contribution in [0.1, 0.15) is 17.1 Å². The van der Waals surface area contributed by atoms with Gasteiger partial charge >= 0.3 is 0 Å². The van der Waals surface area contributed by atoms with Crippen LogP contribution < -0.4 is 5.73 Å². The molecule has 0 aliphatic carbocycles. The molecular formula is C15H16N4. The first-order valence-electron chi connectivity index (χ1n) is 6.25. The van der Waals surface area contributed by atoms with E-state index in [-0.39, 0.29) is 0 Å². The van der Waals surface area contributed by atoms with Gasteiger partial charge in [0, 0.05) is 34.0 Å². The summed E-state index contributed by atoms with van der Waals surface area (Å²) in [4.78, 5) is 4.32. The number of pyridine rings is 1. The molecule has 0 aliphatic heterocycles. The maximum atomic E-state index is 6.03. The molecule has 0 unspecified atom stereocenters. The van der Waals surface area contributed by atoms with Crippen molar-refractivity contribution in [2.24, 2.45) is 0 Å². The zero-order chi connectivity index (χ0) is 13.6. The Labute approximate surface area is 111 Å². The molecule has 96 valence electrons. The number of anilines is 1. The Morgan fingerprint density at radius 2 is 1.79 bits per heavy atom. The van der Waals surface area contributed by atoms with Crippen LogP contribution in [0.5, 0.6) is 0 Å². The van der Waals surface area contributed by atoms with E-state index in [1.165, 1.54) is 0 Å². The van der Waals surface area contributed by atoms with Crippen LogP contribution in [-0.2, 0) is 0 Å². The number of benzene rings is 1. The smallest absolute Gasteiger partial charge is 0.0729 e. The van der Waals surface area contributed by atoms with Crippen LogP contribution in [-0.4, -0.2) is 14.8 Å². The molecule has 0 saturated carbocycles. The van der Waals surface area contributed by atoms with E-state index in [2.05, 4.69) is 29.1 Å². The standard InChI is InChI=1S/C15H16N4/c1-9-7-12-13(8-17-9)14(16)4-5-15(12)19-11(3)6-10(2)18-19/h4-8H,16H2,1-3H3. The maximum absolute atomic E-state index is 6.03. The van der Waals surface area contributed by atoms with Gasteiger partial charge in [0.1, 0.15) is 0 Å². The average molecular weight is 252 g/mol. The highest BCUT2D eigenvalue weighted by Gasteiger charge is 2.10. The Balaban J connectivity index is 2.38. The van der Waals surface area contributed by atoms with Gasteiger partial charge in [-0.1, -0.05) is 0 Å². The van der Waals surface area contributed by atoms with Gasteiger partial charge in [0.05, 0.1) is 11.4 Å². The Bertz CT molecular complexity index is 771. The fraction of sp³-hybridized carbons (Fsp3) is 0.200. The van der Waals surface area contributed by atoms with Crippen LogP contribution in [0, 0.1) is 20.8 Å². The molecule has 2 N–H and O–H groups in total. The van der Waals surface area contributed by atoms with Gasteiger partial charge in [-0.15, -0.1) is 0 Å². The SMILES string of the molecule is Cc1cc2c(-n3nc(C)cc3C)ccc(N)c2cn1. The fourth-order valence-electron chi connectivity index (χ4n) is 2.41. The number of aromatic nitrogens is 3. The van der Waals surface area contributed by atoms with E-state index in [1.807, 2.05) is 36.9 Å². The molecule has 1 aromatic carbocycles. The number of nitrogens with zero attached hydrogens (tertiary/aromatic N) is 3. The molecule has 3 aromatic rings. The van der Waals surface area contributed by atoms with E-state index in [9.17, 15) is 0 Å². The first kappa shape index (κ1) is 11.7. The minimum absolute atomic E-state index is 0.743. The molecule has 0 bridgehead atoms. The molecule has 3 rings (SSSR count). The number of aryl methyl sites for hydroxylation is 3. The van der Waals surface area contributed by atoms with Crippen LogP contribution in [0.3, 0.4) is 0 Å². The lowest BCUT2D eigenvalue weighted by molar-refractivity contribution is 0.839. The van der Waals surface area contributed by atoms with Gasteiger partial charge < -0.3 is 5.73 Å². The average Bonchev–Trinajstić information content (AvgIpc) is 2.69. The maximum Gasteiger partial charge on any atom is 0.0729 e. The Hall–Kier alpha value is -2.36. The molecule has 0 radical (unpaired) electrons. The summed E-state index contributed by atoms with van der Waals surface area (Å²) < 4.78 is 1.95. The van der Waals surface area contributed by atoms with Crippen molar-refractivity contribution in [2.75, 3.05) is 5.73 Å². The van der Waals surface area contributed by atoms with Crippen molar-refractivity contribution < 1.29 is 0 Å². The van der Waals surface area contributed by atoms with Gasteiger partial charge in [0.2, 0.25) is 0 Å². The summed E-state index contributed by atoms with van der Waals surface area (Å²) >= 11 is 0. The van der Waals surface area contributed by atoms with E-state index in [4.69, 9.17) is 5.73 Å². The minimum Gasteiger partial charge on any atom is -0.398 e. The molecule has 0 fully saturated rings. The number of nitrogen functional groups attached to an aromatic ring is 1. The van der Waals surface area contributed by atoms with E-state index < -0.39 is 0 Å². The molecule has 4 heteroatoms. The lowest BCUT2D eigenvalue weighted by Crippen LogP contribution is -2.02. The second kappa shape index (κ2) is 4.09. The lowest BCUT2D eigenvalue weighted by atomic mass is 10.1. The van der Waals surface area contributed by atoms with Crippen LogP contribution in [0.4, 0.5) is 5.69 Å². The fourth-order valence-corrected chi connectivity index (χ4v) is 2.41. The second-order valence-electron chi connectivity index (χ2n) is 4.88. The summed E-state index contributed by atoms with van der Waals surface area (Å²) in [6.45, 7) is 6.03. The van der Waals surface area contributed by atoms with Gasteiger partial charge in [-0.3, -0.25) is 4.98 Å². The first-order chi connectivity index (χ1) is 9.06. The third-order valence-corrected chi connectivity index (χ3v) is 3.29. The third kappa shape index (κ3) is 1.85. The minimum atomic E-state index is 0.743.